The molecule has 1 aliphatic rings. The van der Waals surface area contributed by atoms with Gasteiger partial charge >= 0.3 is 0 Å². The van der Waals surface area contributed by atoms with Crippen LogP contribution in [0.2, 0.25) is 0 Å². The second-order valence-corrected chi connectivity index (χ2v) is 4.74. The predicted molar refractivity (Wildman–Crippen MR) is 49.9 cm³/mol. The SMILES string of the molecule is CCOCC1=NC(Br)=CS1(=O)=O. The lowest BCUT2D eigenvalue weighted by atomic mass is 10.7. The van der Waals surface area contributed by atoms with Gasteiger partial charge in [0, 0.05) is 6.61 Å². The maximum absolute atomic E-state index is 11.2. The molecule has 0 aromatic heterocycles. The molecule has 1 aliphatic heterocycles. The Balaban J connectivity index is 2.76. The van der Waals surface area contributed by atoms with Gasteiger partial charge in [0.15, 0.2) is 5.04 Å². The summed E-state index contributed by atoms with van der Waals surface area (Å²) in [6.07, 6.45) is 0. The third kappa shape index (κ3) is 2.15. The standard InChI is InChI=1S/C6H8BrNO3S/c1-2-11-3-6-8-5(7)4-12(6,9)10/h4H,2-3H2,1H3. The van der Waals surface area contributed by atoms with E-state index in [0.29, 0.717) is 11.2 Å². The zero-order chi connectivity index (χ0) is 9.19. The molecule has 4 nitrogen and oxygen atoms in total. The number of sulfone groups is 1. The fourth-order valence-electron chi connectivity index (χ4n) is 0.709. The van der Waals surface area contributed by atoms with Gasteiger partial charge in [0.1, 0.15) is 11.2 Å². The van der Waals surface area contributed by atoms with Crippen LogP contribution in [0.15, 0.2) is 15.0 Å². The Kier molecular flexibility index (Phi) is 3.03. The van der Waals surface area contributed by atoms with Crippen LogP contribution in [0.25, 0.3) is 0 Å². The molecule has 68 valence electrons. The first-order chi connectivity index (χ1) is 5.56. The van der Waals surface area contributed by atoms with Crippen molar-refractivity contribution in [2.24, 2.45) is 4.99 Å². The molecule has 0 bridgehead atoms. The summed E-state index contributed by atoms with van der Waals surface area (Å²) in [6, 6.07) is 0. The Labute approximate surface area is 79.4 Å². The molecule has 0 saturated carbocycles. The van der Waals surface area contributed by atoms with E-state index in [1.165, 1.54) is 0 Å². The molecule has 1 heterocycles. The normalized spacial score (nSPS) is 20.5. The Morgan fingerprint density at radius 1 is 1.67 bits per heavy atom. The summed E-state index contributed by atoms with van der Waals surface area (Å²) in [5.74, 6) is 0. The first kappa shape index (κ1) is 9.88. The van der Waals surface area contributed by atoms with Crippen molar-refractivity contribution in [3.05, 3.63) is 10.0 Å². The van der Waals surface area contributed by atoms with Crippen molar-refractivity contribution < 1.29 is 13.2 Å². The number of ether oxygens (including phenoxy) is 1. The number of rotatable bonds is 3. The monoisotopic (exact) mass is 253 g/mol. The van der Waals surface area contributed by atoms with Gasteiger partial charge in [-0.1, -0.05) is 0 Å². The van der Waals surface area contributed by atoms with E-state index in [1.54, 1.807) is 6.92 Å². The van der Waals surface area contributed by atoms with Crippen LogP contribution in [-0.2, 0) is 14.6 Å². The molecule has 0 unspecified atom stereocenters. The zero-order valence-electron chi connectivity index (χ0n) is 6.45. The summed E-state index contributed by atoms with van der Waals surface area (Å²) in [5.41, 5.74) is 0. The summed E-state index contributed by atoms with van der Waals surface area (Å²) < 4.78 is 27.6. The van der Waals surface area contributed by atoms with Gasteiger partial charge in [0.05, 0.1) is 5.41 Å². The van der Waals surface area contributed by atoms with Gasteiger partial charge in [0.2, 0.25) is 9.84 Å². The van der Waals surface area contributed by atoms with E-state index in [2.05, 4.69) is 20.9 Å². The van der Waals surface area contributed by atoms with E-state index >= 15 is 0 Å². The van der Waals surface area contributed by atoms with Gasteiger partial charge < -0.3 is 4.74 Å². The lowest BCUT2D eigenvalue weighted by molar-refractivity contribution is 0.189. The van der Waals surface area contributed by atoms with Crippen LogP contribution >= 0.6 is 15.9 Å². The third-order valence-electron chi connectivity index (χ3n) is 1.24. The number of aliphatic imine (C=N–C) groups is 1. The third-order valence-corrected chi connectivity index (χ3v) is 3.35. The minimum Gasteiger partial charge on any atom is -0.375 e. The van der Waals surface area contributed by atoms with Gasteiger partial charge in [-0.05, 0) is 22.9 Å². The number of nitrogens with zero attached hydrogens (tertiary/aromatic N) is 1. The molecule has 0 aliphatic carbocycles. The van der Waals surface area contributed by atoms with Crippen molar-refractivity contribution in [2.75, 3.05) is 13.2 Å². The minimum atomic E-state index is -3.29. The summed E-state index contributed by atoms with van der Waals surface area (Å²) in [6.45, 7) is 2.32. The first-order valence-electron chi connectivity index (χ1n) is 3.34. The molecule has 0 spiro atoms. The summed E-state index contributed by atoms with van der Waals surface area (Å²) >= 11 is 2.99. The number of hydrogen-bond donors (Lipinski definition) is 0. The van der Waals surface area contributed by atoms with Crippen LogP contribution in [0.5, 0.6) is 0 Å². The van der Waals surface area contributed by atoms with Crippen molar-refractivity contribution >= 4 is 30.8 Å². The van der Waals surface area contributed by atoms with E-state index < -0.39 is 9.84 Å². The molecule has 12 heavy (non-hydrogen) atoms. The van der Waals surface area contributed by atoms with Crippen LogP contribution in [0.4, 0.5) is 0 Å². The van der Waals surface area contributed by atoms with E-state index in [4.69, 9.17) is 4.74 Å². The van der Waals surface area contributed by atoms with Crippen molar-refractivity contribution in [2.45, 2.75) is 6.92 Å². The Morgan fingerprint density at radius 2 is 2.33 bits per heavy atom. The Bertz CT molecular complexity index is 331. The van der Waals surface area contributed by atoms with Gasteiger partial charge in [-0.25, -0.2) is 13.4 Å². The lowest BCUT2D eigenvalue weighted by Crippen LogP contribution is -2.15. The molecule has 0 N–H and O–H groups in total. The molecule has 0 aromatic rings. The van der Waals surface area contributed by atoms with Crippen LogP contribution < -0.4 is 0 Å². The van der Waals surface area contributed by atoms with E-state index in [-0.39, 0.29) is 11.7 Å². The fourth-order valence-corrected chi connectivity index (χ4v) is 2.70. The quantitative estimate of drug-likeness (QED) is 0.707. The summed E-state index contributed by atoms with van der Waals surface area (Å²) in [7, 11) is -3.29. The first-order valence-corrected chi connectivity index (χ1v) is 5.68. The number of hydrogen-bond acceptors (Lipinski definition) is 4. The maximum atomic E-state index is 11.2. The highest BCUT2D eigenvalue weighted by atomic mass is 79.9. The van der Waals surface area contributed by atoms with Gasteiger partial charge in [0.25, 0.3) is 0 Å². The number of halogens is 1. The zero-order valence-corrected chi connectivity index (χ0v) is 8.85. The highest BCUT2D eigenvalue weighted by molar-refractivity contribution is 9.11. The fraction of sp³-hybridized carbons (Fsp3) is 0.500. The van der Waals surface area contributed by atoms with Crippen LogP contribution in [0.3, 0.4) is 0 Å². The van der Waals surface area contributed by atoms with Gasteiger partial charge in [-0.15, -0.1) is 0 Å². The lowest BCUT2D eigenvalue weighted by Gasteiger charge is -1.98. The van der Waals surface area contributed by atoms with E-state index in [1.807, 2.05) is 0 Å². The van der Waals surface area contributed by atoms with Gasteiger partial charge in [-0.3, -0.25) is 0 Å². The minimum absolute atomic E-state index is 0.0461. The molecule has 0 fully saturated rings. The average molecular weight is 254 g/mol. The molecular weight excluding hydrogens is 246 g/mol. The van der Waals surface area contributed by atoms with Gasteiger partial charge in [-0.2, -0.15) is 0 Å². The van der Waals surface area contributed by atoms with Crippen molar-refractivity contribution in [1.29, 1.82) is 0 Å². The second kappa shape index (κ2) is 3.68. The van der Waals surface area contributed by atoms with Crippen LogP contribution in [-0.4, -0.2) is 26.7 Å². The van der Waals surface area contributed by atoms with E-state index in [0.717, 1.165) is 5.41 Å². The Morgan fingerprint density at radius 3 is 2.75 bits per heavy atom. The average Bonchev–Trinajstić information content (AvgIpc) is 2.20. The smallest absolute Gasteiger partial charge is 0.218 e. The predicted octanol–water partition coefficient (Wildman–Crippen LogP) is 1.04. The molecule has 1 rings (SSSR count). The molecule has 0 radical (unpaired) electrons. The molecule has 0 amide bonds. The van der Waals surface area contributed by atoms with Crippen LogP contribution in [0.1, 0.15) is 6.92 Å². The topological polar surface area (TPSA) is 55.7 Å². The van der Waals surface area contributed by atoms with Crippen molar-refractivity contribution in [1.82, 2.24) is 0 Å². The van der Waals surface area contributed by atoms with Crippen molar-refractivity contribution in [3.63, 3.8) is 0 Å². The Hall–Kier alpha value is -0.200. The molecule has 0 aromatic carbocycles. The molecule has 6 heteroatoms. The molecule has 0 saturated heterocycles. The van der Waals surface area contributed by atoms with Crippen LogP contribution in [0, 0.1) is 0 Å². The summed E-state index contributed by atoms with van der Waals surface area (Å²) in [5, 5.41) is 1.14. The molecule has 0 atom stereocenters. The van der Waals surface area contributed by atoms with Crippen molar-refractivity contribution in [3.8, 4) is 0 Å². The highest BCUT2D eigenvalue weighted by Crippen LogP contribution is 2.19. The second-order valence-electron chi connectivity index (χ2n) is 2.13. The summed E-state index contributed by atoms with van der Waals surface area (Å²) in [4.78, 5) is 3.76. The largest absolute Gasteiger partial charge is 0.375 e. The van der Waals surface area contributed by atoms with E-state index in [9.17, 15) is 8.42 Å². The highest BCUT2D eigenvalue weighted by Gasteiger charge is 2.23. The maximum Gasteiger partial charge on any atom is 0.218 e. The molecular formula is C6H8BrNO3S.